The summed E-state index contributed by atoms with van der Waals surface area (Å²) in [5.74, 6) is -0.241. The van der Waals surface area contributed by atoms with Gasteiger partial charge in [0.05, 0.1) is 5.92 Å². The van der Waals surface area contributed by atoms with Crippen LogP contribution in [-0.4, -0.2) is 18.2 Å². The highest BCUT2D eigenvalue weighted by atomic mass is 16.1. The number of carbonyl (C=O) groups is 1. The molecule has 1 atom stereocenters. The van der Waals surface area contributed by atoms with E-state index in [0.717, 1.165) is 24.1 Å². The van der Waals surface area contributed by atoms with Crippen LogP contribution in [0.2, 0.25) is 0 Å². The largest absolute Gasteiger partial charge is 0.329 e. The molecule has 0 aromatic rings. The van der Waals surface area contributed by atoms with Crippen molar-refractivity contribution in [2.75, 3.05) is 6.54 Å². The zero-order chi connectivity index (χ0) is 9.84. The summed E-state index contributed by atoms with van der Waals surface area (Å²) in [7, 11) is 0. The fourth-order valence-corrected chi connectivity index (χ4v) is 1.60. The van der Waals surface area contributed by atoms with Crippen LogP contribution in [0.1, 0.15) is 26.7 Å². The lowest BCUT2D eigenvalue weighted by atomic mass is 9.91. The SMILES string of the molecule is CCCC1=CC(C)=NC(=O)C1CN. The molecule has 1 aliphatic rings. The zero-order valence-corrected chi connectivity index (χ0v) is 8.21. The van der Waals surface area contributed by atoms with Crippen LogP contribution in [-0.2, 0) is 4.79 Å². The third-order valence-electron chi connectivity index (χ3n) is 2.20. The Morgan fingerprint density at radius 2 is 2.31 bits per heavy atom. The first-order valence-corrected chi connectivity index (χ1v) is 4.68. The van der Waals surface area contributed by atoms with Gasteiger partial charge in [0.1, 0.15) is 0 Å². The molecule has 1 unspecified atom stereocenters. The van der Waals surface area contributed by atoms with Crippen LogP contribution >= 0.6 is 0 Å². The molecule has 0 spiro atoms. The second kappa shape index (κ2) is 4.33. The number of nitrogens with two attached hydrogens (primary N) is 1. The molecule has 72 valence electrons. The molecule has 0 saturated heterocycles. The molecule has 1 aliphatic heterocycles. The molecule has 0 aliphatic carbocycles. The smallest absolute Gasteiger partial charge is 0.254 e. The topological polar surface area (TPSA) is 55.5 Å². The van der Waals surface area contributed by atoms with Gasteiger partial charge in [0.2, 0.25) is 0 Å². The van der Waals surface area contributed by atoms with Crippen LogP contribution in [0.5, 0.6) is 0 Å². The van der Waals surface area contributed by atoms with E-state index in [1.165, 1.54) is 0 Å². The van der Waals surface area contributed by atoms with Crippen LogP contribution in [0.4, 0.5) is 0 Å². The van der Waals surface area contributed by atoms with Crippen LogP contribution in [0.25, 0.3) is 0 Å². The first-order valence-electron chi connectivity index (χ1n) is 4.68. The van der Waals surface area contributed by atoms with Crippen molar-refractivity contribution in [1.29, 1.82) is 0 Å². The van der Waals surface area contributed by atoms with Gasteiger partial charge in [-0.3, -0.25) is 4.79 Å². The number of nitrogens with zero attached hydrogens (tertiary/aromatic N) is 1. The third kappa shape index (κ3) is 2.25. The Morgan fingerprint density at radius 3 is 2.85 bits per heavy atom. The quantitative estimate of drug-likeness (QED) is 0.711. The van der Waals surface area contributed by atoms with E-state index in [0.29, 0.717) is 6.54 Å². The minimum atomic E-state index is -0.163. The lowest BCUT2D eigenvalue weighted by molar-refractivity contribution is -0.120. The van der Waals surface area contributed by atoms with Crippen molar-refractivity contribution in [2.45, 2.75) is 26.7 Å². The molecular formula is C10H16N2O. The molecule has 1 amide bonds. The average molecular weight is 180 g/mol. The average Bonchev–Trinajstić information content (AvgIpc) is 2.04. The molecule has 13 heavy (non-hydrogen) atoms. The van der Waals surface area contributed by atoms with Crippen molar-refractivity contribution in [3.8, 4) is 0 Å². The number of aliphatic imine (C=N–C) groups is 1. The normalized spacial score (nSPS) is 22.7. The van der Waals surface area contributed by atoms with Crippen LogP contribution in [0, 0.1) is 5.92 Å². The van der Waals surface area contributed by atoms with Gasteiger partial charge in [-0.1, -0.05) is 18.9 Å². The molecular weight excluding hydrogens is 164 g/mol. The predicted molar refractivity (Wildman–Crippen MR) is 53.7 cm³/mol. The summed E-state index contributed by atoms with van der Waals surface area (Å²) < 4.78 is 0. The summed E-state index contributed by atoms with van der Waals surface area (Å²) in [5.41, 5.74) is 7.47. The predicted octanol–water partition coefficient (Wildman–Crippen LogP) is 1.29. The van der Waals surface area contributed by atoms with Gasteiger partial charge in [0.25, 0.3) is 5.91 Å². The van der Waals surface area contributed by atoms with Gasteiger partial charge < -0.3 is 5.73 Å². The van der Waals surface area contributed by atoms with E-state index < -0.39 is 0 Å². The van der Waals surface area contributed by atoms with Crippen molar-refractivity contribution < 1.29 is 4.79 Å². The molecule has 2 N–H and O–H groups in total. The highest BCUT2D eigenvalue weighted by Gasteiger charge is 2.23. The number of rotatable bonds is 3. The number of allylic oxidation sites excluding steroid dienone is 1. The number of carbonyl (C=O) groups excluding carboxylic acids is 1. The van der Waals surface area contributed by atoms with Gasteiger partial charge in [-0.25, -0.2) is 4.99 Å². The fourth-order valence-electron chi connectivity index (χ4n) is 1.60. The van der Waals surface area contributed by atoms with Gasteiger partial charge in [0, 0.05) is 12.3 Å². The summed E-state index contributed by atoms with van der Waals surface area (Å²) in [6.07, 6.45) is 3.98. The number of amides is 1. The maximum Gasteiger partial charge on any atom is 0.254 e. The van der Waals surface area contributed by atoms with Crippen molar-refractivity contribution in [3.63, 3.8) is 0 Å². The third-order valence-corrected chi connectivity index (χ3v) is 2.20. The van der Waals surface area contributed by atoms with E-state index in [2.05, 4.69) is 11.9 Å². The molecule has 0 aromatic carbocycles. The minimum Gasteiger partial charge on any atom is -0.329 e. The van der Waals surface area contributed by atoms with E-state index in [1.807, 2.05) is 13.0 Å². The molecule has 3 nitrogen and oxygen atoms in total. The molecule has 1 rings (SSSR count). The second-order valence-corrected chi connectivity index (χ2v) is 3.35. The van der Waals surface area contributed by atoms with Gasteiger partial charge in [-0.15, -0.1) is 0 Å². The molecule has 1 heterocycles. The fraction of sp³-hybridized carbons (Fsp3) is 0.600. The Kier molecular flexibility index (Phi) is 3.37. The Hall–Kier alpha value is -0.960. The zero-order valence-electron chi connectivity index (χ0n) is 8.21. The van der Waals surface area contributed by atoms with E-state index in [4.69, 9.17) is 5.73 Å². The second-order valence-electron chi connectivity index (χ2n) is 3.35. The summed E-state index contributed by atoms with van der Waals surface area (Å²) in [6, 6.07) is 0. The molecule has 0 saturated carbocycles. The standard InChI is InChI=1S/C10H16N2O/c1-3-4-8-5-7(2)12-10(13)9(8)6-11/h5,9H,3-4,6,11H2,1-2H3. The Morgan fingerprint density at radius 1 is 1.62 bits per heavy atom. The molecule has 0 fully saturated rings. The first kappa shape index (κ1) is 10.1. The highest BCUT2D eigenvalue weighted by molar-refractivity contribution is 6.05. The Bertz CT molecular complexity index is 266. The minimum absolute atomic E-state index is 0.0778. The van der Waals surface area contributed by atoms with Crippen molar-refractivity contribution in [3.05, 3.63) is 11.6 Å². The van der Waals surface area contributed by atoms with Crippen molar-refractivity contribution >= 4 is 11.6 Å². The number of hydrogen-bond acceptors (Lipinski definition) is 2. The summed E-state index contributed by atoms with van der Waals surface area (Å²) in [6.45, 7) is 4.32. The molecule has 0 aromatic heterocycles. The van der Waals surface area contributed by atoms with Gasteiger partial charge in [-0.05, 0) is 19.4 Å². The summed E-state index contributed by atoms with van der Waals surface area (Å²) in [4.78, 5) is 15.3. The van der Waals surface area contributed by atoms with Crippen molar-refractivity contribution in [1.82, 2.24) is 0 Å². The molecule has 3 heteroatoms. The maximum atomic E-state index is 11.4. The summed E-state index contributed by atoms with van der Waals surface area (Å²) >= 11 is 0. The monoisotopic (exact) mass is 180 g/mol. The van der Waals surface area contributed by atoms with Crippen LogP contribution < -0.4 is 5.73 Å². The van der Waals surface area contributed by atoms with Gasteiger partial charge >= 0.3 is 0 Å². The van der Waals surface area contributed by atoms with E-state index >= 15 is 0 Å². The molecule has 0 bridgehead atoms. The van der Waals surface area contributed by atoms with E-state index in [-0.39, 0.29) is 11.8 Å². The van der Waals surface area contributed by atoms with E-state index in [9.17, 15) is 4.79 Å². The van der Waals surface area contributed by atoms with Crippen LogP contribution in [0.3, 0.4) is 0 Å². The highest BCUT2D eigenvalue weighted by Crippen LogP contribution is 2.21. The molecule has 0 radical (unpaired) electrons. The lowest BCUT2D eigenvalue weighted by Crippen LogP contribution is -2.28. The number of hydrogen-bond donors (Lipinski definition) is 1. The summed E-state index contributed by atoms with van der Waals surface area (Å²) in [5, 5.41) is 0. The van der Waals surface area contributed by atoms with E-state index in [1.54, 1.807) is 0 Å². The maximum absolute atomic E-state index is 11.4. The van der Waals surface area contributed by atoms with Crippen LogP contribution in [0.15, 0.2) is 16.6 Å². The Labute approximate surface area is 78.7 Å². The van der Waals surface area contributed by atoms with Crippen molar-refractivity contribution in [2.24, 2.45) is 16.6 Å². The lowest BCUT2D eigenvalue weighted by Gasteiger charge is -2.18. The van der Waals surface area contributed by atoms with Gasteiger partial charge in [-0.2, -0.15) is 0 Å². The Balaban J connectivity index is 2.86. The first-order chi connectivity index (χ1) is 6.19. The number of dihydropyridines is 1. The van der Waals surface area contributed by atoms with Gasteiger partial charge in [0.15, 0.2) is 0 Å².